The quantitative estimate of drug-likeness (QED) is 0.714. The number of benzene rings is 2. The second-order valence-electron chi connectivity index (χ2n) is 5.18. The lowest BCUT2D eigenvalue weighted by atomic mass is 10.1. The van der Waals surface area contributed by atoms with Gasteiger partial charge in [-0.1, -0.05) is 30.3 Å². The first-order chi connectivity index (χ1) is 12.1. The number of ether oxygens (including phenoxy) is 1. The maximum atomic E-state index is 12.4. The standard InChI is InChI=1S/C19H15NO5/c21-18(20-16-9-5-4-8-15(16)19(22)23)17-13(10-11-24-17)12-25-14-6-2-1-3-7-14/h1-11H,12H2,(H,20,21)(H,22,23). The van der Waals surface area contributed by atoms with Gasteiger partial charge in [0.2, 0.25) is 0 Å². The van der Waals surface area contributed by atoms with E-state index in [1.54, 1.807) is 18.2 Å². The van der Waals surface area contributed by atoms with Crippen LogP contribution in [0.15, 0.2) is 71.3 Å². The van der Waals surface area contributed by atoms with Gasteiger partial charge < -0.3 is 19.6 Å². The SMILES string of the molecule is O=C(O)c1ccccc1NC(=O)c1occc1COc1ccccc1. The number of hydrogen-bond donors (Lipinski definition) is 2. The van der Waals surface area contributed by atoms with Crippen LogP contribution in [0.1, 0.15) is 26.5 Å². The van der Waals surface area contributed by atoms with Crippen molar-refractivity contribution in [1.29, 1.82) is 0 Å². The van der Waals surface area contributed by atoms with Gasteiger partial charge in [0.25, 0.3) is 5.91 Å². The molecule has 3 aromatic rings. The molecule has 3 rings (SSSR count). The van der Waals surface area contributed by atoms with Crippen molar-refractivity contribution >= 4 is 17.6 Å². The maximum absolute atomic E-state index is 12.4. The number of carboxylic acids is 1. The highest BCUT2D eigenvalue weighted by Gasteiger charge is 2.18. The zero-order valence-corrected chi connectivity index (χ0v) is 13.1. The predicted molar refractivity (Wildman–Crippen MR) is 90.8 cm³/mol. The molecule has 126 valence electrons. The fourth-order valence-corrected chi connectivity index (χ4v) is 2.28. The minimum absolute atomic E-state index is 0.00416. The van der Waals surface area contributed by atoms with Crippen LogP contribution in [0.5, 0.6) is 5.75 Å². The summed E-state index contributed by atoms with van der Waals surface area (Å²) in [4.78, 5) is 23.7. The predicted octanol–water partition coefficient (Wildman–Crippen LogP) is 3.81. The molecule has 1 heterocycles. The summed E-state index contributed by atoms with van der Waals surface area (Å²) in [6.07, 6.45) is 1.39. The fraction of sp³-hybridized carbons (Fsp3) is 0.0526. The summed E-state index contributed by atoms with van der Waals surface area (Å²) in [5.41, 5.74) is 0.768. The number of rotatable bonds is 6. The Balaban J connectivity index is 1.74. The number of carbonyl (C=O) groups excluding carboxylic acids is 1. The van der Waals surface area contributed by atoms with E-state index in [0.29, 0.717) is 11.3 Å². The smallest absolute Gasteiger partial charge is 0.337 e. The highest BCUT2D eigenvalue weighted by Crippen LogP contribution is 2.19. The van der Waals surface area contributed by atoms with Crippen LogP contribution in [0, 0.1) is 0 Å². The number of amides is 1. The first kappa shape index (κ1) is 16.3. The summed E-state index contributed by atoms with van der Waals surface area (Å²) >= 11 is 0. The Labute approximate surface area is 143 Å². The van der Waals surface area contributed by atoms with Crippen molar-refractivity contribution < 1.29 is 23.8 Å². The number of anilines is 1. The third-order valence-electron chi connectivity index (χ3n) is 3.50. The van der Waals surface area contributed by atoms with E-state index in [9.17, 15) is 14.7 Å². The molecular formula is C19H15NO5. The minimum Gasteiger partial charge on any atom is -0.489 e. The molecule has 2 N–H and O–H groups in total. The molecule has 0 bridgehead atoms. The topological polar surface area (TPSA) is 88.8 Å². The summed E-state index contributed by atoms with van der Waals surface area (Å²) in [7, 11) is 0. The van der Waals surface area contributed by atoms with Gasteiger partial charge in [-0.3, -0.25) is 4.79 Å². The van der Waals surface area contributed by atoms with E-state index in [1.165, 1.54) is 18.4 Å². The van der Waals surface area contributed by atoms with Crippen molar-refractivity contribution in [2.45, 2.75) is 6.61 Å². The van der Waals surface area contributed by atoms with Gasteiger partial charge in [0.1, 0.15) is 12.4 Å². The van der Waals surface area contributed by atoms with E-state index in [2.05, 4.69) is 5.32 Å². The Kier molecular flexibility index (Phi) is 4.80. The zero-order valence-electron chi connectivity index (χ0n) is 13.1. The van der Waals surface area contributed by atoms with Crippen LogP contribution < -0.4 is 10.1 Å². The van der Waals surface area contributed by atoms with Crippen LogP contribution in [-0.4, -0.2) is 17.0 Å². The Bertz CT molecular complexity index is 886. The van der Waals surface area contributed by atoms with Crippen LogP contribution in [0.3, 0.4) is 0 Å². The maximum Gasteiger partial charge on any atom is 0.337 e. The van der Waals surface area contributed by atoms with Gasteiger partial charge in [-0.25, -0.2) is 4.79 Å². The molecule has 0 spiro atoms. The van der Waals surface area contributed by atoms with Gasteiger partial charge in [0, 0.05) is 5.56 Å². The van der Waals surface area contributed by atoms with E-state index in [0.717, 1.165) is 0 Å². The van der Waals surface area contributed by atoms with Crippen LogP contribution in [-0.2, 0) is 6.61 Å². The highest BCUT2D eigenvalue weighted by atomic mass is 16.5. The third-order valence-corrected chi connectivity index (χ3v) is 3.50. The van der Waals surface area contributed by atoms with Crippen molar-refractivity contribution in [1.82, 2.24) is 0 Å². The molecular weight excluding hydrogens is 322 g/mol. The normalized spacial score (nSPS) is 10.2. The summed E-state index contributed by atoms with van der Waals surface area (Å²) in [6, 6.07) is 17.0. The average Bonchev–Trinajstić information content (AvgIpc) is 3.10. The molecule has 0 fully saturated rings. The zero-order chi connectivity index (χ0) is 17.6. The number of furan rings is 1. The van der Waals surface area contributed by atoms with Gasteiger partial charge in [-0.05, 0) is 30.3 Å². The number of para-hydroxylation sites is 2. The Morgan fingerprint density at radius 3 is 2.48 bits per heavy atom. The summed E-state index contributed by atoms with van der Waals surface area (Å²) < 4.78 is 10.9. The molecule has 0 radical (unpaired) electrons. The lowest BCUT2D eigenvalue weighted by Gasteiger charge is -2.09. The summed E-state index contributed by atoms with van der Waals surface area (Å²) in [6.45, 7) is 0.157. The first-order valence-electron chi connectivity index (χ1n) is 7.53. The lowest BCUT2D eigenvalue weighted by molar-refractivity contribution is 0.0698. The van der Waals surface area contributed by atoms with Gasteiger partial charge in [0.05, 0.1) is 17.5 Å². The third kappa shape index (κ3) is 3.87. The molecule has 25 heavy (non-hydrogen) atoms. The Morgan fingerprint density at radius 2 is 1.72 bits per heavy atom. The van der Waals surface area contributed by atoms with Crippen molar-refractivity contribution in [3.05, 3.63) is 83.8 Å². The second kappa shape index (κ2) is 7.35. The molecule has 0 aliphatic rings. The van der Waals surface area contributed by atoms with Gasteiger partial charge >= 0.3 is 5.97 Å². The number of hydrogen-bond acceptors (Lipinski definition) is 4. The second-order valence-corrected chi connectivity index (χ2v) is 5.18. The molecule has 0 aliphatic carbocycles. The molecule has 1 amide bonds. The van der Waals surface area contributed by atoms with E-state index in [4.69, 9.17) is 9.15 Å². The van der Waals surface area contributed by atoms with Gasteiger partial charge in [0.15, 0.2) is 5.76 Å². The molecule has 0 atom stereocenters. The lowest BCUT2D eigenvalue weighted by Crippen LogP contribution is -2.16. The summed E-state index contributed by atoms with van der Waals surface area (Å²) in [5, 5.41) is 11.7. The Hall–Kier alpha value is -3.54. The molecule has 0 saturated carbocycles. The number of carbonyl (C=O) groups is 2. The van der Waals surface area contributed by atoms with Gasteiger partial charge in [-0.2, -0.15) is 0 Å². The van der Waals surface area contributed by atoms with Crippen molar-refractivity contribution in [2.75, 3.05) is 5.32 Å². The van der Waals surface area contributed by atoms with Crippen LogP contribution >= 0.6 is 0 Å². The van der Waals surface area contributed by atoms with Crippen LogP contribution in [0.4, 0.5) is 5.69 Å². The Morgan fingerprint density at radius 1 is 1.00 bits per heavy atom. The molecule has 1 aromatic heterocycles. The molecule has 6 heteroatoms. The van der Waals surface area contributed by atoms with Crippen LogP contribution in [0.25, 0.3) is 0 Å². The van der Waals surface area contributed by atoms with Crippen LogP contribution in [0.2, 0.25) is 0 Å². The molecule has 0 saturated heterocycles. The van der Waals surface area contributed by atoms with Gasteiger partial charge in [-0.15, -0.1) is 0 Å². The van der Waals surface area contributed by atoms with E-state index < -0.39 is 11.9 Å². The molecule has 0 unspecified atom stereocenters. The summed E-state index contributed by atoms with van der Waals surface area (Å²) in [5.74, 6) is -0.907. The van der Waals surface area contributed by atoms with Crippen molar-refractivity contribution in [3.8, 4) is 5.75 Å². The van der Waals surface area contributed by atoms with Crippen molar-refractivity contribution in [3.63, 3.8) is 0 Å². The average molecular weight is 337 g/mol. The fourth-order valence-electron chi connectivity index (χ4n) is 2.28. The number of carboxylic acid groups (broad SMARTS) is 1. The molecule has 2 aromatic carbocycles. The molecule has 6 nitrogen and oxygen atoms in total. The minimum atomic E-state index is -1.12. The van der Waals surface area contributed by atoms with E-state index in [1.807, 2.05) is 30.3 Å². The monoisotopic (exact) mass is 337 g/mol. The van der Waals surface area contributed by atoms with E-state index in [-0.39, 0.29) is 23.6 Å². The first-order valence-corrected chi connectivity index (χ1v) is 7.53. The highest BCUT2D eigenvalue weighted by molar-refractivity contribution is 6.06. The number of aromatic carboxylic acids is 1. The largest absolute Gasteiger partial charge is 0.489 e. The van der Waals surface area contributed by atoms with E-state index >= 15 is 0 Å². The van der Waals surface area contributed by atoms with Crippen molar-refractivity contribution in [2.24, 2.45) is 0 Å². The molecule has 0 aliphatic heterocycles. The number of nitrogens with one attached hydrogen (secondary N) is 1.